The molecule has 3 aromatic rings. The Kier molecular flexibility index (Phi) is 9.10. The first kappa shape index (κ1) is 34.1. The van der Waals surface area contributed by atoms with Crippen LogP contribution in [0.25, 0.3) is 0 Å². The van der Waals surface area contributed by atoms with Crippen molar-refractivity contribution in [1.82, 2.24) is 4.90 Å². The molecular formula is C38H44BrN3O6Si. The van der Waals surface area contributed by atoms with Gasteiger partial charge >= 0.3 is 0 Å². The van der Waals surface area contributed by atoms with Crippen LogP contribution < -0.4 is 9.80 Å². The van der Waals surface area contributed by atoms with E-state index in [4.69, 9.17) is 4.74 Å². The molecule has 3 aromatic carbocycles. The van der Waals surface area contributed by atoms with Crippen molar-refractivity contribution >= 4 is 53.3 Å². The second-order valence-corrected chi connectivity index (χ2v) is 19.5. The number of hydrogen-bond donors (Lipinski definition) is 2. The standard InChI is InChI=1S/C38H44BrN3O6Si/c1-24-36(49(2,3)47)33(20-35(45)41-22-27-9-5-4-8-26(27)18-30(41)23-43)48-38(24)31-19-28(39)13-16-32(31)42(37(38)46)21-25-11-14-29(15-12-25)40-17-7-6-10-34(40)44/h4-5,8-9,11-16,19,24,30,33,36,43,47H,6-7,10,17-18,20-23H2,1-3H3/t24-,30+,33+,36-,38+/m1/s1. The first-order chi connectivity index (χ1) is 23.4. The zero-order valence-corrected chi connectivity index (χ0v) is 30.9. The van der Waals surface area contributed by atoms with Gasteiger partial charge in [0.15, 0.2) is 13.9 Å². The number of amides is 3. The Hall–Kier alpha value is -3.35. The highest BCUT2D eigenvalue weighted by Gasteiger charge is 2.66. The quantitative estimate of drug-likeness (QED) is 0.303. The number of rotatable bonds is 7. The van der Waals surface area contributed by atoms with Gasteiger partial charge in [-0.2, -0.15) is 0 Å². The van der Waals surface area contributed by atoms with Crippen molar-refractivity contribution in [1.29, 1.82) is 0 Å². The summed E-state index contributed by atoms with van der Waals surface area (Å²) < 4.78 is 7.75. The Balaban J connectivity index is 1.19. The number of carbonyl (C=O) groups is 3. The number of aliphatic hydroxyl groups excluding tert-OH is 1. The lowest BCUT2D eigenvalue weighted by molar-refractivity contribution is -0.151. The zero-order chi connectivity index (χ0) is 34.7. The van der Waals surface area contributed by atoms with Crippen LogP contribution in [0, 0.1) is 5.92 Å². The molecule has 0 saturated carbocycles. The zero-order valence-electron chi connectivity index (χ0n) is 28.3. The van der Waals surface area contributed by atoms with Gasteiger partial charge in [0.25, 0.3) is 5.91 Å². The molecule has 7 rings (SSSR count). The minimum Gasteiger partial charge on any atom is -0.432 e. The van der Waals surface area contributed by atoms with Crippen LogP contribution >= 0.6 is 15.9 Å². The Morgan fingerprint density at radius 1 is 1.04 bits per heavy atom. The molecule has 4 heterocycles. The number of benzene rings is 3. The Morgan fingerprint density at radius 3 is 2.47 bits per heavy atom. The van der Waals surface area contributed by atoms with Gasteiger partial charge in [-0.3, -0.25) is 14.4 Å². The van der Waals surface area contributed by atoms with E-state index in [0.717, 1.165) is 50.9 Å². The predicted octanol–water partition coefficient (Wildman–Crippen LogP) is 5.65. The molecule has 0 aliphatic carbocycles. The molecular weight excluding hydrogens is 702 g/mol. The fourth-order valence-corrected chi connectivity index (χ4v) is 11.7. The van der Waals surface area contributed by atoms with Crippen molar-refractivity contribution in [3.8, 4) is 0 Å². The first-order valence-electron chi connectivity index (χ1n) is 17.3. The van der Waals surface area contributed by atoms with Crippen LogP contribution in [0.2, 0.25) is 18.6 Å². The molecule has 0 bridgehead atoms. The minimum atomic E-state index is -2.99. The van der Waals surface area contributed by atoms with E-state index in [9.17, 15) is 24.3 Å². The van der Waals surface area contributed by atoms with Crippen molar-refractivity contribution in [3.63, 3.8) is 0 Å². The van der Waals surface area contributed by atoms with Gasteiger partial charge in [0.1, 0.15) is 0 Å². The van der Waals surface area contributed by atoms with Crippen LogP contribution in [0.1, 0.15) is 54.9 Å². The number of aliphatic hydroxyl groups is 1. The summed E-state index contributed by atoms with van der Waals surface area (Å²) in [5.41, 5.74) is 3.65. The summed E-state index contributed by atoms with van der Waals surface area (Å²) >= 11 is 3.62. The number of nitrogens with zero attached hydrogens (tertiary/aromatic N) is 3. The van der Waals surface area contributed by atoms with Gasteiger partial charge in [-0.05, 0) is 79.4 Å². The van der Waals surface area contributed by atoms with E-state index in [1.54, 1.807) is 9.80 Å². The second-order valence-electron chi connectivity index (χ2n) is 14.6. The third kappa shape index (κ3) is 5.97. The molecule has 0 unspecified atom stereocenters. The summed E-state index contributed by atoms with van der Waals surface area (Å²) in [7, 11) is -2.99. The van der Waals surface area contributed by atoms with E-state index >= 15 is 0 Å². The van der Waals surface area contributed by atoms with Gasteiger partial charge in [-0.25, -0.2) is 0 Å². The fourth-order valence-electron chi connectivity index (χ4n) is 8.78. The normalized spacial score (nSPS) is 26.8. The molecule has 0 radical (unpaired) electrons. The van der Waals surface area contributed by atoms with Crippen LogP contribution in [-0.2, 0) is 44.2 Å². The Labute approximate surface area is 297 Å². The molecule has 3 amide bonds. The molecule has 4 aliphatic heterocycles. The van der Waals surface area contributed by atoms with Crippen LogP contribution in [0.15, 0.2) is 71.2 Å². The maximum absolute atomic E-state index is 14.8. The van der Waals surface area contributed by atoms with Crippen molar-refractivity contribution < 1.29 is 29.0 Å². The van der Waals surface area contributed by atoms with Gasteiger partial charge < -0.3 is 29.3 Å². The van der Waals surface area contributed by atoms with E-state index in [0.29, 0.717) is 32.5 Å². The van der Waals surface area contributed by atoms with E-state index < -0.39 is 31.5 Å². The molecule has 11 heteroatoms. The van der Waals surface area contributed by atoms with Crippen LogP contribution in [0.4, 0.5) is 11.4 Å². The van der Waals surface area contributed by atoms with E-state index in [2.05, 4.69) is 15.9 Å². The number of piperidine rings is 1. The molecule has 258 valence electrons. The van der Waals surface area contributed by atoms with Gasteiger partial charge in [0, 0.05) is 46.7 Å². The summed E-state index contributed by atoms with van der Waals surface area (Å²) in [5.74, 6) is -0.639. The lowest BCUT2D eigenvalue weighted by Gasteiger charge is -2.37. The highest BCUT2D eigenvalue weighted by Crippen LogP contribution is 2.60. The third-order valence-electron chi connectivity index (χ3n) is 11.1. The van der Waals surface area contributed by atoms with Crippen molar-refractivity contribution in [2.75, 3.05) is 23.0 Å². The summed E-state index contributed by atoms with van der Waals surface area (Å²) in [6, 6.07) is 21.2. The number of carbonyl (C=O) groups excluding carboxylic acids is 3. The van der Waals surface area contributed by atoms with Crippen molar-refractivity contribution in [2.45, 2.75) is 88.5 Å². The van der Waals surface area contributed by atoms with Crippen LogP contribution in [0.3, 0.4) is 0 Å². The van der Waals surface area contributed by atoms with Gasteiger partial charge in [0.05, 0.1) is 37.4 Å². The largest absolute Gasteiger partial charge is 0.432 e. The maximum Gasteiger partial charge on any atom is 0.264 e. The molecule has 5 atom stereocenters. The lowest BCUT2D eigenvalue weighted by Crippen LogP contribution is -2.48. The summed E-state index contributed by atoms with van der Waals surface area (Å²) in [5, 5.41) is 10.3. The predicted molar refractivity (Wildman–Crippen MR) is 193 cm³/mol. The fraction of sp³-hybridized carbons (Fsp3) is 0.447. The molecule has 49 heavy (non-hydrogen) atoms. The number of halogens is 1. The highest BCUT2D eigenvalue weighted by molar-refractivity contribution is 9.10. The summed E-state index contributed by atoms with van der Waals surface area (Å²) in [6.45, 7) is 6.95. The van der Waals surface area contributed by atoms with E-state index in [1.165, 1.54) is 0 Å². The number of ether oxygens (including phenoxy) is 1. The summed E-state index contributed by atoms with van der Waals surface area (Å²) in [6.07, 6.45) is 2.34. The monoisotopic (exact) mass is 745 g/mol. The van der Waals surface area contributed by atoms with Crippen LogP contribution in [0.5, 0.6) is 0 Å². The molecule has 2 fully saturated rings. The van der Waals surface area contributed by atoms with Gasteiger partial charge in [-0.15, -0.1) is 0 Å². The van der Waals surface area contributed by atoms with Gasteiger partial charge in [-0.1, -0.05) is 59.3 Å². The SMILES string of the molecule is C[C@@H]1[C@@H]([Si](C)(C)O)[C@H](CC(=O)N2Cc3ccccc3C[C@H]2CO)O[C@@]12C(=O)N(Cc1ccc(N3CCCCC3=O)cc1)c1ccc(Br)cc12. The highest BCUT2D eigenvalue weighted by atomic mass is 79.9. The maximum atomic E-state index is 14.8. The molecule has 0 aromatic heterocycles. The minimum absolute atomic E-state index is 0.000285. The third-order valence-corrected chi connectivity index (χ3v) is 14.1. The molecule has 1 spiro atoms. The van der Waals surface area contributed by atoms with Crippen molar-refractivity contribution in [2.24, 2.45) is 5.92 Å². The lowest BCUT2D eigenvalue weighted by atomic mass is 9.82. The first-order valence-corrected chi connectivity index (χ1v) is 21.1. The van der Waals surface area contributed by atoms with Crippen LogP contribution in [-0.4, -0.2) is 66.1 Å². The Morgan fingerprint density at radius 2 is 1.78 bits per heavy atom. The molecule has 2 saturated heterocycles. The molecule has 2 N–H and O–H groups in total. The molecule has 9 nitrogen and oxygen atoms in total. The number of anilines is 2. The number of hydrogen-bond acceptors (Lipinski definition) is 6. The van der Waals surface area contributed by atoms with E-state index in [1.807, 2.05) is 91.6 Å². The average molecular weight is 747 g/mol. The molecule has 4 aliphatic rings. The number of fused-ring (bicyclic) bond motifs is 3. The smallest absolute Gasteiger partial charge is 0.264 e. The van der Waals surface area contributed by atoms with Gasteiger partial charge in [0.2, 0.25) is 11.8 Å². The second kappa shape index (κ2) is 13.1. The topological polar surface area (TPSA) is 111 Å². The van der Waals surface area contributed by atoms with E-state index in [-0.39, 0.29) is 36.8 Å². The summed E-state index contributed by atoms with van der Waals surface area (Å²) in [4.78, 5) is 58.5. The Bertz CT molecular complexity index is 1780. The average Bonchev–Trinajstić information content (AvgIpc) is 3.50. The van der Waals surface area contributed by atoms with Crippen molar-refractivity contribution in [3.05, 3.63) is 93.5 Å².